The minimum atomic E-state index is -0.292. The van der Waals surface area contributed by atoms with E-state index in [9.17, 15) is 4.79 Å². The topological polar surface area (TPSA) is 52.9 Å². The zero-order chi connectivity index (χ0) is 12.3. The first kappa shape index (κ1) is 11.6. The van der Waals surface area contributed by atoms with Crippen LogP contribution in [0, 0.1) is 11.3 Å². The highest BCUT2D eigenvalue weighted by atomic mass is 79.9. The third-order valence-electron chi connectivity index (χ3n) is 2.38. The third-order valence-corrected chi connectivity index (χ3v) is 3.07. The van der Waals surface area contributed by atoms with Gasteiger partial charge in [0.1, 0.15) is 6.42 Å². The van der Waals surface area contributed by atoms with Crippen molar-refractivity contribution in [2.45, 2.75) is 6.42 Å². The molecule has 1 N–H and O–H groups in total. The molecule has 0 aliphatic carbocycles. The highest BCUT2D eigenvalue weighted by Crippen LogP contribution is 2.29. The summed E-state index contributed by atoms with van der Waals surface area (Å²) in [6.45, 7) is 0. The maximum Gasteiger partial charge on any atom is 0.238 e. The van der Waals surface area contributed by atoms with Crippen LogP contribution in [0.25, 0.3) is 10.8 Å². The fourth-order valence-corrected chi connectivity index (χ4v) is 2.15. The van der Waals surface area contributed by atoms with Crippen LogP contribution in [-0.2, 0) is 4.79 Å². The lowest BCUT2D eigenvalue weighted by Gasteiger charge is -2.08. The van der Waals surface area contributed by atoms with E-state index in [0.29, 0.717) is 0 Å². The number of nitrogens with one attached hydrogen (secondary N) is 1. The van der Waals surface area contributed by atoms with Crippen molar-refractivity contribution in [2.24, 2.45) is 0 Å². The number of hydrogen-bond donors (Lipinski definition) is 1. The van der Waals surface area contributed by atoms with Gasteiger partial charge in [-0.3, -0.25) is 4.79 Å². The Hall–Kier alpha value is -1.86. The molecule has 0 saturated carbocycles. The monoisotopic (exact) mass is 288 g/mol. The van der Waals surface area contributed by atoms with Gasteiger partial charge in [-0.25, -0.2) is 0 Å². The number of amides is 1. The maximum atomic E-state index is 11.4. The summed E-state index contributed by atoms with van der Waals surface area (Å²) < 4.78 is 0.978. The van der Waals surface area contributed by atoms with Gasteiger partial charge in [-0.15, -0.1) is 0 Å². The molecule has 1 amide bonds. The standard InChI is InChI=1S/C13H9BrN2O/c14-11-5-1-4-10-9(11)3-2-6-12(10)16-13(17)7-8-15/h1-6H,7H2,(H,16,17). The van der Waals surface area contributed by atoms with Crippen LogP contribution in [0.2, 0.25) is 0 Å². The van der Waals surface area contributed by atoms with E-state index in [-0.39, 0.29) is 12.3 Å². The molecule has 2 rings (SSSR count). The summed E-state index contributed by atoms with van der Waals surface area (Å²) in [6, 6.07) is 13.3. The first-order valence-electron chi connectivity index (χ1n) is 5.06. The second kappa shape index (κ2) is 4.98. The van der Waals surface area contributed by atoms with Gasteiger partial charge < -0.3 is 5.32 Å². The third kappa shape index (κ3) is 2.45. The minimum absolute atomic E-state index is 0.135. The lowest BCUT2D eigenvalue weighted by molar-refractivity contribution is -0.115. The molecule has 3 nitrogen and oxygen atoms in total. The molecule has 2 aromatic rings. The number of anilines is 1. The summed E-state index contributed by atoms with van der Waals surface area (Å²) in [5.41, 5.74) is 0.726. The van der Waals surface area contributed by atoms with Crippen LogP contribution in [0.5, 0.6) is 0 Å². The normalized spacial score (nSPS) is 9.88. The number of rotatable bonds is 2. The van der Waals surface area contributed by atoms with E-state index >= 15 is 0 Å². The average Bonchev–Trinajstić information content (AvgIpc) is 2.31. The van der Waals surface area contributed by atoms with Gasteiger partial charge in [-0.1, -0.05) is 40.2 Å². The van der Waals surface area contributed by atoms with Gasteiger partial charge in [0.15, 0.2) is 0 Å². The first-order valence-corrected chi connectivity index (χ1v) is 5.85. The number of nitrogens with zero attached hydrogens (tertiary/aromatic N) is 1. The van der Waals surface area contributed by atoms with Crippen molar-refractivity contribution >= 4 is 38.3 Å². The Morgan fingerprint density at radius 2 is 1.94 bits per heavy atom. The summed E-state index contributed by atoms with van der Waals surface area (Å²) in [5.74, 6) is -0.292. The fraction of sp³-hybridized carbons (Fsp3) is 0.0769. The van der Waals surface area contributed by atoms with E-state index in [1.54, 1.807) is 0 Å². The average molecular weight is 289 g/mol. The Bertz CT molecular complexity index is 616. The fourth-order valence-electron chi connectivity index (χ4n) is 1.65. The van der Waals surface area contributed by atoms with E-state index in [4.69, 9.17) is 5.26 Å². The Labute approximate surface area is 107 Å². The van der Waals surface area contributed by atoms with E-state index in [1.807, 2.05) is 42.5 Å². The van der Waals surface area contributed by atoms with Gasteiger partial charge in [0.25, 0.3) is 0 Å². The minimum Gasteiger partial charge on any atom is -0.325 e. The molecule has 0 aliphatic rings. The van der Waals surface area contributed by atoms with Gasteiger partial charge in [0, 0.05) is 15.5 Å². The van der Waals surface area contributed by atoms with Crippen molar-refractivity contribution in [1.29, 1.82) is 5.26 Å². The summed E-state index contributed by atoms with van der Waals surface area (Å²) in [7, 11) is 0. The number of nitriles is 1. The molecule has 0 unspecified atom stereocenters. The van der Waals surface area contributed by atoms with Crippen LogP contribution < -0.4 is 5.32 Å². The number of carbonyl (C=O) groups excluding carboxylic acids is 1. The number of fused-ring (bicyclic) bond motifs is 1. The van der Waals surface area contributed by atoms with E-state index in [1.165, 1.54) is 0 Å². The molecule has 17 heavy (non-hydrogen) atoms. The number of benzene rings is 2. The molecule has 0 bridgehead atoms. The van der Waals surface area contributed by atoms with Crippen LogP contribution in [0.15, 0.2) is 40.9 Å². The molecule has 2 aromatic carbocycles. The van der Waals surface area contributed by atoms with Crippen molar-refractivity contribution < 1.29 is 4.79 Å². The summed E-state index contributed by atoms with van der Waals surface area (Å²) >= 11 is 3.46. The lowest BCUT2D eigenvalue weighted by atomic mass is 10.1. The second-order valence-electron chi connectivity index (χ2n) is 3.52. The first-order chi connectivity index (χ1) is 8.22. The smallest absolute Gasteiger partial charge is 0.238 e. The zero-order valence-corrected chi connectivity index (χ0v) is 10.5. The SMILES string of the molecule is N#CCC(=O)Nc1cccc2c(Br)cccc12. The predicted molar refractivity (Wildman–Crippen MR) is 70.5 cm³/mol. The van der Waals surface area contributed by atoms with Crippen molar-refractivity contribution in [2.75, 3.05) is 5.32 Å². The van der Waals surface area contributed by atoms with Crippen LogP contribution in [0.1, 0.15) is 6.42 Å². The second-order valence-corrected chi connectivity index (χ2v) is 4.38. The predicted octanol–water partition coefficient (Wildman–Crippen LogP) is 3.45. The molecule has 0 saturated heterocycles. The van der Waals surface area contributed by atoms with Gasteiger partial charge in [-0.05, 0) is 17.5 Å². The summed E-state index contributed by atoms with van der Waals surface area (Å²) in [6.07, 6.45) is -0.135. The molecule has 0 aliphatic heterocycles. The summed E-state index contributed by atoms with van der Waals surface area (Å²) in [4.78, 5) is 11.4. The Kier molecular flexibility index (Phi) is 3.40. The number of halogens is 1. The van der Waals surface area contributed by atoms with E-state index in [2.05, 4.69) is 21.2 Å². The molecule has 4 heteroatoms. The molecular weight excluding hydrogens is 280 g/mol. The molecule has 0 spiro atoms. The highest BCUT2D eigenvalue weighted by Gasteiger charge is 2.06. The van der Waals surface area contributed by atoms with Crippen LogP contribution in [-0.4, -0.2) is 5.91 Å². The molecule has 84 valence electrons. The van der Waals surface area contributed by atoms with Gasteiger partial charge in [0.2, 0.25) is 5.91 Å². The maximum absolute atomic E-state index is 11.4. The van der Waals surface area contributed by atoms with E-state index < -0.39 is 0 Å². The molecule has 0 atom stereocenters. The number of hydrogen-bond acceptors (Lipinski definition) is 2. The van der Waals surface area contributed by atoms with Crippen LogP contribution >= 0.6 is 15.9 Å². The van der Waals surface area contributed by atoms with Crippen LogP contribution in [0.3, 0.4) is 0 Å². The molecule has 0 radical (unpaired) electrons. The van der Waals surface area contributed by atoms with E-state index in [0.717, 1.165) is 20.9 Å². The van der Waals surface area contributed by atoms with Gasteiger partial charge in [0.05, 0.1) is 6.07 Å². The largest absolute Gasteiger partial charge is 0.325 e. The molecule has 0 heterocycles. The molecule has 0 aromatic heterocycles. The van der Waals surface area contributed by atoms with Gasteiger partial charge >= 0.3 is 0 Å². The van der Waals surface area contributed by atoms with Crippen molar-refractivity contribution in [3.05, 3.63) is 40.9 Å². The molecular formula is C13H9BrN2O. The number of carbonyl (C=O) groups is 1. The van der Waals surface area contributed by atoms with Crippen molar-refractivity contribution in [1.82, 2.24) is 0 Å². The Morgan fingerprint density at radius 1 is 1.24 bits per heavy atom. The Balaban J connectivity index is 2.45. The van der Waals surface area contributed by atoms with Gasteiger partial charge in [-0.2, -0.15) is 5.26 Å². The zero-order valence-electron chi connectivity index (χ0n) is 8.90. The summed E-state index contributed by atoms with van der Waals surface area (Å²) in [5, 5.41) is 13.2. The Morgan fingerprint density at radius 3 is 2.71 bits per heavy atom. The van der Waals surface area contributed by atoms with Crippen molar-refractivity contribution in [3.63, 3.8) is 0 Å². The molecule has 0 fully saturated rings. The van der Waals surface area contributed by atoms with Crippen LogP contribution in [0.4, 0.5) is 5.69 Å². The van der Waals surface area contributed by atoms with Crippen molar-refractivity contribution in [3.8, 4) is 6.07 Å². The highest BCUT2D eigenvalue weighted by molar-refractivity contribution is 9.10. The lowest BCUT2D eigenvalue weighted by Crippen LogP contribution is -2.10. The quantitative estimate of drug-likeness (QED) is 0.920.